The molecular formula is C19H26BrN7O2S. The molecule has 30 heavy (non-hydrogen) atoms. The largest absolute Gasteiger partial charge is 1.00 e. The lowest BCUT2D eigenvalue weighted by atomic mass is 10.1. The van der Waals surface area contributed by atoms with E-state index in [-0.39, 0.29) is 27.1 Å². The molecule has 162 valence electrons. The molecule has 3 fully saturated rings. The number of piperazine rings is 3. The van der Waals surface area contributed by atoms with Gasteiger partial charge in [0, 0.05) is 26.2 Å². The van der Waals surface area contributed by atoms with Crippen molar-refractivity contribution in [1.82, 2.24) is 15.2 Å². The molecule has 3 aliphatic rings. The first-order valence-corrected chi connectivity index (χ1v) is 10.8. The first-order valence-electron chi connectivity index (χ1n) is 10.0. The number of aromatic nitrogens is 1. The lowest BCUT2D eigenvalue weighted by molar-refractivity contribution is -0.939. The fraction of sp³-hybridized carbons (Fsp3) is 0.526. The van der Waals surface area contributed by atoms with E-state index in [9.17, 15) is 10.1 Å². The summed E-state index contributed by atoms with van der Waals surface area (Å²) in [5.41, 5.74) is 1.96. The van der Waals surface area contributed by atoms with Crippen molar-refractivity contribution in [3.8, 4) is 0 Å². The number of nitro groups is 1. The Labute approximate surface area is 190 Å². The van der Waals surface area contributed by atoms with E-state index in [2.05, 4.69) is 25.4 Å². The molecule has 0 aliphatic carbocycles. The lowest BCUT2D eigenvalue weighted by Gasteiger charge is -2.50. The minimum Gasteiger partial charge on any atom is -1.00 e. The molecular weight excluding hydrogens is 470 g/mol. The van der Waals surface area contributed by atoms with Crippen LogP contribution in [0.2, 0.25) is 0 Å². The smallest absolute Gasteiger partial charge is 0.345 e. The summed E-state index contributed by atoms with van der Waals surface area (Å²) in [5.74, 6) is 0. The van der Waals surface area contributed by atoms with Crippen LogP contribution in [0, 0.1) is 10.1 Å². The van der Waals surface area contributed by atoms with Crippen LogP contribution in [-0.2, 0) is 6.42 Å². The second-order valence-corrected chi connectivity index (χ2v) is 8.67. The number of benzene rings is 1. The summed E-state index contributed by atoms with van der Waals surface area (Å²) in [6.45, 7) is 11.0. The van der Waals surface area contributed by atoms with Crippen molar-refractivity contribution in [3.05, 3.63) is 46.1 Å². The van der Waals surface area contributed by atoms with E-state index in [0.29, 0.717) is 5.69 Å². The highest BCUT2D eigenvalue weighted by Gasteiger charge is 2.37. The minimum absolute atomic E-state index is 0. The van der Waals surface area contributed by atoms with Crippen LogP contribution in [0.1, 0.15) is 5.56 Å². The van der Waals surface area contributed by atoms with Crippen LogP contribution in [0.25, 0.3) is 0 Å². The van der Waals surface area contributed by atoms with E-state index in [4.69, 9.17) is 0 Å². The molecule has 0 radical (unpaired) electrons. The summed E-state index contributed by atoms with van der Waals surface area (Å²) in [5, 5.41) is 22.6. The summed E-state index contributed by atoms with van der Waals surface area (Å²) in [7, 11) is 0. The van der Waals surface area contributed by atoms with Gasteiger partial charge in [0.05, 0.1) is 36.8 Å². The van der Waals surface area contributed by atoms with Crippen molar-refractivity contribution in [3.63, 3.8) is 0 Å². The van der Waals surface area contributed by atoms with Crippen LogP contribution in [0.15, 0.2) is 40.7 Å². The molecule has 11 heteroatoms. The van der Waals surface area contributed by atoms with E-state index < -0.39 is 4.92 Å². The Morgan fingerprint density at radius 2 is 1.83 bits per heavy atom. The third-order valence-electron chi connectivity index (χ3n) is 5.87. The summed E-state index contributed by atoms with van der Waals surface area (Å²) < 4.78 is 1.30. The molecule has 2 bridgehead atoms. The summed E-state index contributed by atoms with van der Waals surface area (Å²) in [4.78, 5) is 16.6. The van der Waals surface area contributed by atoms with Crippen LogP contribution >= 0.6 is 11.3 Å². The van der Waals surface area contributed by atoms with Crippen LogP contribution < -0.4 is 22.3 Å². The quantitative estimate of drug-likeness (QED) is 0.170. The topological polar surface area (TPSA) is 96.0 Å². The monoisotopic (exact) mass is 495 g/mol. The van der Waals surface area contributed by atoms with Crippen molar-refractivity contribution < 1.29 is 26.4 Å². The van der Waals surface area contributed by atoms with Crippen LogP contribution in [0.3, 0.4) is 0 Å². The minimum atomic E-state index is -0.476. The standard InChI is InChI=1S/C19H26N7O2S.BrH/c27-25(28)18-15-21-19(29-18)23-22-17-3-1-16(2-4-17)5-6-20-7-11-26-12-8-24(9-13-26)10-14-26;/h1-4,15,20H,5-14H2;1H/q+1;/p-1. The van der Waals surface area contributed by atoms with E-state index in [1.54, 1.807) is 0 Å². The van der Waals surface area contributed by atoms with Crippen molar-refractivity contribution in [2.75, 3.05) is 58.9 Å². The number of hydrogen-bond donors (Lipinski definition) is 1. The maximum absolute atomic E-state index is 10.7. The molecule has 0 spiro atoms. The molecule has 3 saturated heterocycles. The normalized spacial score (nSPS) is 22.9. The molecule has 0 unspecified atom stereocenters. The Morgan fingerprint density at radius 3 is 2.47 bits per heavy atom. The molecule has 3 aliphatic heterocycles. The van der Waals surface area contributed by atoms with Crippen molar-refractivity contribution in [2.24, 2.45) is 10.2 Å². The van der Waals surface area contributed by atoms with Gasteiger partial charge >= 0.3 is 5.00 Å². The van der Waals surface area contributed by atoms with Gasteiger partial charge in [0.1, 0.15) is 6.20 Å². The predicted octanol–water partition coefficient (Wildman–Crippen LogP) is -0.251. The van der Waals surface area contributed by atoms with Crippen LogP contribution in [0.5, 0.6) is 0 Å². The van der Waals surface area contributed by atoms with E-state index in [1.165, 1.54) is 62.1 Å². The zero-order chi connectivity index (χ0) is 20.1. The number of fused-ring (bicyclic) bond motifs is 3. The Morgan fingerprint density at radius 1 is 1.13 bits per heavy atom. The van der Waals surface area contributed by atoms with E-state index >= 15 is 0 Å². The van der Waals surface area contributed by atoms with Crippen molar-refractivity contribution >= 4 is 27.2 Å². The fourth-order valence-corrected chi connectivity index (χ4v) is 4.51. The SMILES string of the molecule is O=[N+]([O-])c1cnc(N=Nc2ccc(CCNCC[N+]34CCN(CC3)CC4)cc2)s1.[Br-]. The molecule has 2 aromatic rings. The van der Waals surface area contributed by atoms with Gasteiger partial charge in [-0.15, -0.1) is 10.2 Å². The Kier molecular flexibility index (Phi) is 8.00. The molecule has 5 rings (SSSR count). The van der Waals surface area contributed by atoms with Crippen LogP contribution in [-0.4, -0.2) is 78.2 Å². The van der Waals surface area contributed by atoms with Gasteiger partial charge in [-0.2, -0.15) is 0 Å². The molecule has 0 amide bonds. The Balaban J connectivity index is 0.00000256. The zero-order valence-electron chi connectivity index (χ0n) is 16.7. The second kappa shape index (κ2) is 10.5. The van der Waals surface area contributed by atoms with Gasteiger partial charge in [0.15, 0.2) is 0 Å². The highest BCUT2D eigenvalue weighted by Crippen LogP contribution is 2.28. The molecule has 1 N–H and O–H groups in total. The van der Waals surface area contributed by atoms with Gasteiger partial charge < -0.3 is 26.8 Å². The number of azo groups is 1. The van der Waals surface area contributed by atoms with Crippen molar-refractivity contribution in [2.45, 2.75) is 6.42 Å². The second-order valence-electron chi connectivity index (χ2n) is 7.68. The van der Waals surface area contributed by atoms with Crippen LogP contribution in [0.4, 0.5) is 15.8 Å². The van der Waals surface area contributed by atoms with Gasteiger partial charge in [0.25, 0.3) is 0 Å². The Bertz CT molecular complexity index is 852. The summed E-state index contributed by atoms with van der Waals surface area (Å²) >= 11 is 0.911. The maximum Gasteiger partial charge on any atom is 0.345 e. The molecule has 0 saturated carbocycles. The third-order valence-corrected chi connectivity index (χ3v) is 6.71. The third kappa shape index (κ3) is 5.88. The Hall–Kier alpha value is -1.79. The molecule has 9 nitrogen and oxygen atoms in total. The average Bonchev–Trinajstić information content (AvgIpc) is 3.24. The average molecular weight is 496 g/mol. The van der Waals surface area contributed by atoms with E-state index in [1.807, 2.05) is 24.3 Å². The number of halogens is 1. The zero-order valence-corrected chi connectivity index (χ0v) is 19.1. The highest BCUT2D eigenvalue weighted by molar-refractivity contribution is 7.18. The molecule has 1 aromatic carbocycles. The van der Waals surface area contributed by atoms with Gasteiger partial charge in [-0.25, -0.2) is 4.98 Å². The number of hydrogen-bond acceptors (Lipinski definition) is 8. The number of nitrogens with one attached hydrogen (secondary N) is 1. The van der Waals surface area contributed by atoms with Gasteiger partial charge in [-0.3, -0.25) is 15.0 Å². The maximum atomic E-state index is 10.7. The molecule has 1 aromatic heterocycles. The number of quaternary nitrogens is 1. The predicted molar refractivity (Wildman–Crippen MR) is 112 cm³/mol. The number of thiazole rings is 1. The highest BCUT2D eigenvalue weighted by atomic mass is 79.9. The fourth-order valence-electron chi connectivity index (χ4n) is 3.96. The van der Waals surface area contributed by atoms with Crippen molar-refractivity contribution in [1.29, 1.82) is 0 Å². The summed E-state index contributed by atoms with van der Waals surface area (Å²) in [6.07, 6.45) is 2.18. The summed E-state index contributed by atoms with van der Waals surface area (Å²) in [6, 6.07) is 7.91. The number of nitrogens with zero attached hydrogens (tertiary/aromatic N) is 6. The van der Waals surface area contributed by atoms with Gasteiger partial charge in [-0.05, 0) is 42.0 Å². The number of rotatable bonds is 9. The first kappa shape index (κ1) is 22.9. The van der Waals surface area contributed by atoms with Gasteiger partial charge in [-0.1, -0.05) is 12.1 Å². The van der Waals surface area contributed by atoms with E-state index in [0.717, 1.165) is 30.8 Å². The first-order chi connectivity index (χ1) is 14.1. The lowest BCUT2D eigenvalue weighted by Crippen LogP contribution is -3.00. The molecule has 4 heterocycles. The molecule has 0 atom stereocenters. The van der Waals surface area contributed by atoms with Gasteiger partial charge in [0.2, 0.25) is 5.13 Å².